The highest BCUT2D eigenvalue weighted by atomic mass is 16.5. The number of carbonyl (C=O) groups excluding carboxylic acids is 1. The van der Waals surface area contributed by atoms with Crippen LogP contribution in [0.5, 0.6) is 0 Å². The highest BCUT2D eigenvalue weighted by molar-refractivity contribution is 5.80. The van der Waals surface area contributed by atoms with Crippen molar-refractivity contribution in [2.45, 2.75) is 32.6 Å². The Labute approximate surface area is 136 Å². The summed E-state index contributed by atoms with van der Waals surface area (Å²) in [6.45, 7) is 8.80. The maximum absolute atomic E-state index is 12.3. The van der Waals surface area contributed by atoms with E-state index in [1.165, 1.54) is 0 Å². The molecule has 7 heteroatoms. The fourth-order valence-corrected chi connectivity index (χ4v) is 3.78. The summed E-state index contributed by atoms with van der Waals surface area (Å²) in [6, 6.07) is 0. The number of nitrogens with one attached hydrogen (secondary N) is 1. The van der Waals surface area contributed by atoms with Crippen LogP contribution in [0.3, 0.4) is 0 Å². The molecule has 0 aliphatic carbocycles. The average Bonchev–Trinajstić information content (AvgIpc) is 2.85. The van der Waals surface area contributed by atoms with Gasteiger partial charge in [-0.3, -0.25) is 4.79 Å². The average molecular weight is 322 g/mol. The van der Waals surface area contributed by atoms with Gasteiger partial charge in [-0.25, -0.2) is 0 Å². The van der Waals surface area contributed by atoms with Crippen molar-refractivity contribution in [2.75, 3.05) is 39.4 Å². The van der Waals surface area contributed by atoms with E-state index in [1.54, 1.807) is 0 Å². The Kier molecular flexibility index (Phi) is 5.27. The quantitative estimate of drug-likeness (QED) is 0.813. The van der Waals surface area contributed by atoms with Crippen LogP contribution in [0, 0.1) is 18.8 Å². The molecule has 1 amide bonds. The van der Waals surface area contributed by atoms with Crippen molar-refractivity contribution in [3.63, 3.8) is 0 Å². The first-order valence-corrected chi connectivity index (χ1v) is 8.57. The first kappa shape index (κ1) is 16.4. The van der Waals surface area contributed by atoms with Crippen molar-refractivity contribution < 1.29 is 14.1 Å². The Bertz CT molecular complexity index is 533. The fourth-order valence-electron chi connectivity index (χ4n) is 3.78. The van der Waals surface area contributed by atoms with E-state index >= 15 is 0 Å². The van der Waals surface area contributed by atoms with Crippen molar-refractivity contribution in [1.29, 1.82) is 0 Å². The number of rotatable bonds is 5. The Hall–Kier alpha value is -1.47. The van der Waals surface area contributed by atoms with E-state index in [1.807, 2.05) is 13.8 Å². The monoisotopic (exact) mass is 322 g/mol. The number of piperidine rings is 1. The molecule has 0 unspecified atom stereocenters. The zero-order valence-electron chi connectivity index (χ0n) is 14.0. The molecule has 0 saturated carbocycles. The minimum absolute atomic E-state index is 0.0399. The van der Waals surface area contributed by atoms with Gasteiger partial charge in [-0.1, -0.05) is 5.16 Å². The normalized spacial score (nSPS) is 29.0. The van der Waals surface area contributed by atoms with Gasteiger partial charge in [0.15, 0.2) is 5.82 Å². The van der Waals surface area contributed by atoms with Crippen LogP contribution in [-0.2, 0) is 9.53 Å². The molecule has 0 spiro atoms. The molecule has 1 aromatic heterocycles. The van der Waals surface area contributed by atoms with E-state index in [9.17, 15) is 4.79 Å². The van der Waals surface area contributed by atoms with E-state index in [2.05, 4.69) is 20.4 Å². The van der Waals surface area contributed by atoms with Crippen molar-refractivity contribution in [3.05, 3.63) is 11.7 Å². The van der Waals surface area contributed by atoms with Crippen LogP contribution in [0.15, 0.2) is 4.52 Å². The summed E-state index contributed by atoms with van der Waals surface area (Å²) in [7, 11) is 0. The van der Waals surface area contributed by atoms with Crippen molar-refractivity contribution in [1.82, 2.24) is 20.4 Å². The summed E-state index contributed by atoms with van der Waals surface area (Å²) < 4.78 is 10.8. The number of fused-ring (bicyclic) bond motifs is 1. The Morgan fingerprint density at radius 3 is 2.91 bits per heavy atom. The molecule has 2 aliphatic rings. The first-order valence-electron chi connectivity index (χ1n) is 8.57. The van der Waals surface area contributed by atoms with Gasteiger partial charge in [-0.15, -0.1) is 0 Å². The van der Waals surface area contributed by atoms with Crippen molar-refractivity contribution in [2.24, 2.45) is 11.8 Å². The van der Waals surface area contributed by atoms with Gasteiger partial charge in [0.1, 0.15) is 0 Å². The second kappa shape index (κ2) is 7.40. The summed E-state index contributed by atoms with van der Waals surface area (Å²) in [4.78, 5) is 19.1. The van der Waals surface area contributed by atoms with Gasteiger partial charge >= 0.3 is 0 Å². The van der Waals surface area contributed by atoms with Crippen LogP contribution in [0.25, 0.3) is 0 Å². The highest BCUT2D eigenvalue weighted by Crippen LogP contribution is 2.38. The van der Waals surface area contributed by atoms with E-state index in [0.717, 1.165) is 45.7 Å². The number of likely N-dealkylation sites (tertiary alicyclic amines) is 1. The SMILES string of the molecule is CCOCCN1CC[C@@H]2[C@H](CC1)C(=O)NC[C@@H]2c1nc(C)no1. The lowest BCUT2D eigenvalue weighted by molar-refractivity contribution is -0.129. The van der Waals surface area contributed by atoms with Gasteiger partial charge in [0.05, 0.1) is 12.5 Å². The maximum atomic E-state index is 12.3. The van der Waals surface area contributed by atoms with Gasteiger partial charge in [-0.05, 0) is 45.7 Å². The van der Waals surface area contributed by atoms with Crippen molar-refractivity contribution in [3.8, 4) is 0 Å². The van der Waals surface area contributed by atoms with Crippen LogP contribution in [0.4, 0.5) is 0 Å². The Balaban J connectivity index is 1.69. The third-order valence-corrected chi connectivity index (χ3v) is 5.02. The molecule has 3 atom stereocenters. The lowest BCUT2D eigenvalue weighted by atomic mass is 9.75. The Morgan fingerprint density at radius 2 is 2.17 bits per heavy atom. The zero-order chi connectivity index (χ0) is 16.2. The van der Waals surface area contributed by atoms with Gasteiger partial charge < -0.3 is 19.5 Å². The second-order valence-corrected chi connectivity index (χ2v) is 6.42. The van der Waals surface area contributed by atoms with Gasteiger partial charge in [0.2, 0.25) is 11.8 Å². The van der Waals surface area contributed by atoms with Crippen LogP contribution < -0.4 is 5.32 Å². The largest absolute Gasteiger partial charge is 0.380 e. The summed E-state index contributed by atoms with van der Waals surface area (Å²) >= 11 is 0. The number of aryl methyl sites for hydroxylation is 1. The van der Waals surface area contributed by atoms with E-state index in [4.69, 9.17) is 9.26 Å². The summed E-state index contributed by atoms with van der Waals surface area (Å²) in [5.41, 5.74) is 0. The lowest BCUT2D eigenvalue weighted by Crippen LogP contribution is -2.46. The summed E-state index contributed by atoms with van der Waals surface area (Å²) in [5.74, 6) is 1.94. The zero-order valence-corrected chi connectivity index (χ0v) is 14.0. The minimum atomic E-state index is 0.0399. The predicted octanol–water partition coefficient (Wildman–Crippen LogP) is 0.956. The molecule has 23 heavy (non-hydrogen) atoms. The lowest BCUT2D eigenvalue weighted by Gasteiger charge is -2.34. The predicted molar refractivity (Wildman–Crippen MR) is 83.9 cm³/mol. The standard InChI is InChI=1S/C16H26N4O3/c1-3-22-9-8-20-6-4-12-13(5-7-20)15(21)17-10-14(12)16-18-11(2)19-23-16/h12-14H,3-10H2,1-2H3,(H,17,21)/t12-,13+,14+/m1/s1. The second-order valence-electron chi connectivity index (χ2n) is 6.42. The highest BCUT2D eigenvalue weighted by Gasteiger charge is 2.42. The van der Waals surface area contributed by atoms with Crippen LogP contribution in [-0.4, -0.2) is 60.3 Å². The third-order valence-electron chi connectivity index (χ3n) is 5.02. The molecule has 2 aliphatic heterocycles. The molecule has 7 nitrogen and oxygen atoms in total. The summed E-state index contributed by atoms with van der Waals surface area (Å²) in [5, 5.41) is 6.94. The van der Waals surface area contributed by atoms with Crippen LogP contribution >= 0.6 is 0 Å². The number of nitrogens with zero attached hydrogens (tertiary/aromatic N) is 3. The molecule has 0 radical (unpaired) electrons. The minimum Gasteiger partial charge on any atom is -0.380 e. The molecular weight excluding hydrogens is 296 g/mol. The molecule has 1 aromatic rings. The molecule has 0 bridgehead atoms. The van der Waals surface area contributed by atoms with Gasteiger partial charge in [0, 0.05) is 25.6 Å². The molecule has 2 fully saturated rings. The third kappa shape index (κ3) is 3.72. The smallest absolute Gasteiger partial charge is 0.231 e. The fraction of sp³-hybridized carbons (Fsp3) is 0.812. The number of carbonyl (C=O) groups is 1. The Morgan fingerprint density at radius 1 is 1.35 bits per heavy atom. The molecule has 3 rings (SSSR count). The first-order chi connectivity index (χ1) is 11.2. The number of amides is 1. The molecular formula is C16H26N4O3. The molecule has 3 heterocycles. The topological polar surface area (TPSA) is 80.5 Å². The van der Waals surface area contributed by atoms with Crippen molar-refractivity contribution >= 4 is 5.91 Å². The molecule has 0 aromatic carbocycles. The van der Waals surface area contributed by atoms with Gasteiger partial charge in [0.25, 0.3) is 0 Å². The molecule has 128 valence electrons. The van der Waals surface area contributed by atoms with Crippen LogP contribution in [0.2, 0.25) is 0 Å². The van der Waals surface area contributed by atoms with E-state index in [0.29, 0.717) is 18.3 Å². The molecule has 2 saturated heterocycles. The van der Waals surface area contributed by atoms with E-state index < -0.39 is 0 Å². The number of aromatic nitrogens is 2. The van der Waals surface area contributed by atoms with Crippen LogP contribution in [0.1, 0.15) is 37.4 Å². The number of hydrogen-bond acceptors (Lipinski definition) is 6. The number of hydrogen-bond donors (Lipinski definition) is 1. The van der Waals surface area contributed by atoms with Gasteiger partial charge in [-0.2, -0.15) is 4.98 Å². The maximum Gasteiger partial charge on any atom is 0.231 e. The molecule has 1 N–H and O–H groups in total. The summed E-state index contributed by atoms with van der Waals surface area (Å²) in [6.07, 6.45) is 1.86. The number of ether oxygens (including phenoxy) is 1. The van der Waals surface area contributed by atoms with E-state index in [-0.39, 0.29) is 23.7 Å².